The fourth-order valence-electron chi connectivity index (χ4n) is 1.63. The monoisotopic (exact) mass is 289 g/mol. The van der Waals surface area contributed by atoms with Crippen molar-refractivity contribution in [1.29, 1.82) is 0 Å². The van der Waals surface area contributed by atoms with E-state index in [0.29, 0.717) is 6.42 Å². The second-order valence-corrected chi connectivity index (χ2v) is 4.31. The molecule has 0 atom stereocenters. The number of hydrogen-bond acceptors (Lipinski definition) is 1. The summed E-state index contributed by atoms with van der Waals surface area (Å²) >= 11 is 0. The van der Waals surface area contributed by atoms with E-state index in [2.05, 4.69) is 19.1 Å². The molecule has 0 fully saturated rings. The van der Waals surface area contributed by atoms with Crippen molar-refractivity contribution < 1.29 is 27.0 Å². The van der Waals surface area contributed by atoms with Crippen molar-refractivity contribution in [2.45, 2.75) is 71.1 Å². The Morgan fingerprint density at radius 3 is 2.06 bits per heavy atom. The van der Waals surface area contributed by atoms with Gasteiger partial charge in [0.25, 0.3) is 0 Å². The van der Waals surface area contributed by atoms with Crippen LogP contribution in [-0.2, 0) is 21.9 Å². The first kappa shape index (κ1) is 19.1. The smallest absolute Gasteiger partial charge is 0.303 e. The van der Waals surface area contributed by atoms with Crippen LogP contribution in [0.4, 0.5) is 0 Å². The van der Waals surface area contributed by atoms with E-state index < -0.39 is 5.97 Å². The summed E-state index contributed by atoms with van der Waals surface area (Å²) in [7, 11) is 0. The first-order chi connectivity index (χ1) is 7.77. The standard InChI is InChI=1S/C14H26O2.Cu/c1-2-3-4-5-6-7-8-9-10-11-12-13-14(15)16;/h5-6H,2-4,7-13H2,1H3,(H,15,16);/b6-5-;. The number of hydrogen-bond donors (Lipinski definition) is 1. The molecule has 17 heavy (non-hydrogen) atoms. The Kier molecular flexibility index (Phi) is 17.7. The van der Waals surface area contributed by atoms with Gasteiger partial charge in [-0.3, -0.25) is 4.79 Å². The van der Waals surface area contributed by atoms with E-state index in [0.717, 1.165) is 12.8 Å². The first-order valence-corrected chi connectivity index (χ1v) is 6.64. The van der Waals surface area contributed by atoms with Gasteiger partial charge in [-0.1, -0.05) is 51.2 Å². The summed E-state index contributed by atoms with van der Waals surface area (Å²) in [4.78, 5) is 10.3. The number of allylic oxidation sites excluding steroid dienone is 2. The molecule has 0 amide bonds. The van der Waals surface area contributed by atoms with E-state index in [1.807, 2.05) is 0 Å². The van der Waals surface area contributed by atoms with Crippen molar-refractivity contribution in [2.75, 3.05) is 0 Å². The minimum absolute atomic E-state index is 0. The molecule has 0 saturated heterocycles. The van der Waals surface area contributed by atoms with Crippen molar-refractivity contribution in [2.24, 2.45) is 0 Å². The molecule has 0 aliphatic carbocycles. The van der Waals surface area contributed by atoms with E-state index in [4.69, 9.17) is 5.11 Å². The Hall–Kier alpha value is -0.271. The molecule has 2 nitrogen and oxygen atoms in total. The summed E-state index contributed by atoms with van der Waals surface area (Å²) < 4.78 is 0. The van der Waals surface area contributed by atoms with Gasteiger partial charge in [-0.05, 0) is 25.7 Å². The molecule has 0 rings (SSSR count). The number of carboxylic acids is 1. The molecule has 3 heteroatoms. The summed E-state index contributed by atoms with van der Waals surface area (Å²) in [5.74, 6) is -0.668. The molecule has 0 heterocycles. The molecule has 105 valence electrons. The van der Waals surface area contributed by atoms with Crippen LogP contribution in [0.2, 0.25) is 0 Å². The molecule has 0 aliphatic rings. The van der Waals surface area contributed by atoms with Crippen molar-refractivity contribution in [1.82, 2.24) is 0 Å². The van der Waals surface area contributed by atoms with Crippen LogP contribution in [0.3, 0.4) is 0 Å². The van der Waals surface area contributed by atoms with E-state index in [1.165, 1.54) is 44.9 Å². The third-order valence-electron chi connectivity index (χ3n) is 2.65. The van der Waals surface area contributed by atoms with Gasteiger partial charge >= 0.3 is 5.97 Å². The molecular weight excluding hydrogens is 264 g/mol. The normalized spacial score (nSPS) is 10.4. The van der Waals surface area contributed by atoms with Gasteiger partial charge in [0.2, 0.25) is 0 Å². The molecule has 0 spiro atoms. The zero-order valence-electron chi connectivity index (χ0n) is 10.9. The van der Waals surface area contributed by atoms with Gasteiger partial charge in [-0.25, -0.2) is 0 Å². The number of unbranched alkanes of at least 4 members (excludes halogenated alkanes) is 7. The molecule has 0 unspecified atom stereocenters. The Balaban J connectivity index is 0. The van der Waals surface area contributed by atoms with Crippen molar-refractivity contribution >= 4 is 5.97 Å². The van der Waals surface area contributed by atoms with Crippen molar-refractivity contribution in [3.05, 3.63) is 12.2 Å². The van der Waals surface area contributed by atoms with E-state index in [-0.39, 0.29) is 17.1 Å². The molecule has 1 N–H and O–H groups in total. The number of rotatable bonds is 11. The van der Waals surface area contributed by atoms with Gasteiger partial charge in [-0.2, -0.15) is 0 Å². The minimum atomic E-state index is -0.668. The average molecular weight is 290 g/mol. The van der Waals surface area contributed by atoms with Crippen molar-refractivity contribution in [3.63, 3.8) is 0 Å². The quantitative estimate of drug-likeness (QED) is 0.344. The van der Waals surface area contributed by atoms with Crippen LogP contribution in [0.15, 0.2) is 12.2 Å². The molecule has 0 saturated carbocycles. The number of carbonyl (C=O) groups is 1. The van der Waals surface area contributed by atoms with Gasteiger partial charge in [0.1, 0.15) is 0 Å². The van der Waals surface area contributed by atoms with Crippen molar-refractivity contribution in [3.8, 4) is 0 Å². The fourth-order valence-corrected chi connectivity index (χ4v) is 1.63. The van der Waals surface area contributed by atoms with Crippen LogP contribution in [0.1, 0.15) is 71.1 Å². The Bertz CT molecular complexity index is 191. The zero-order chi connectivity index (χ0) is 12.1. The predicted octanol–water partition coefficient (Wildman–Crippen LogP) is 4.55. The fraction of sp³-hybridized carbons (Fsp3) is 0.786. The maximum absolute atomic E-state index is 10.3. The summed E-state index contributed by atoms with van der Waals surface area (Å²) in [6, 6.07) is 0. The first-order valence-electron chi connectivity index (χ1n) is 6.64. The van der Waals surface area contributed by atoms with Crippen LogP contribution in [0.25, 0.3) is 0 Å². The molecule has 0 aromatic rings. The summed E-state index contributed by atoms with van der Waals surface area (Å²) in [6.07, 6.45) is 15.4. The van der Waals surface area contributed by atoms with Gasteiger partial charge in [0, 0.05) is 23.5 Å². The third-order valence-corrected chi connectivity index (χ3v) is 2.65. The summed E-state index contributed by atoms with van der Waals surface area (Å²) in [5, 5.41) is 8.45. The summed E-state index contributed by atoms with van der Waals surface area (Å²) in [6.45, 7) is 2.21. The number of aliphatic carboxylic acids is 1. The largest absolute Gasteiger partial charge is 0.481 e. The van der Waals surface area contributed by atoms with Gasteiger partial charge < -0.3 is 5.11 Å². The molecule has 0 aromatic heterocycles. The minimum Gasteiger partial charge on any atom is -0.481 e. The van der Waals surface area contributed by atoms with Crippen LogP contribution in [0, 0.1) is 0 Å². The maximum Gasteiger partial charge on any atom is 0.303 e. The van der Waals surface area contributed by atoms with Crippen LogP contribution in [-0.4, -0.2) is 11.1 Å². The SMILES string of the molecule is CCCC/C=C\CCCCCCCC(=O)O.[Cu]. The third kappa shape index (κ3) is 18.3. The molecule has 0 bridgehead atoms. The number of carboxylic acid groups (broad SMARTS) is 1. The Labute approximate surface area is 116 Å². The van der Waals surface area contributed by atoms with Gasteiger partial charge in [-0.15, -0.1) is 0 Å². The maximum atomic E-state index is 10.3. The van der Waals surface area contributed by atoms with E-state index >= 15 is 0 Å². The van der Waals surface area contributed by atoms with Crippen LogP contribution in [0.5, 0.6) is 0 Å². The molecule has 0 aliphatic heterocycles. The summed E-state index contributed by atoms with van der Waals surface area (Å²) in [5.41, 5.74) is 0. The second kappa shape index (κ2) is 15.7. The zero-order valence-corrected chi connectivity index (χ0v) is 11.8. The molecule has 0 aromatic carbocycles. The topological polar surface area (TPSA) is 37.3 Å². The molecule has 1 radical (unpaired) electrons. The molecular formula is C14H26CuO2. The van der Waals surface area contributed by atoms with Crippen LogP contribution < -0.4 is 0 Å². The second-order valence-electron chi connectivity index (χ2n) is 4.31. The van der Waals surface area contributed by atoms with Gasteiger partial charge in [0.05, 0.1) is 0 Å². The van der Waals surface area contributed by atoms with Gasteiger partial charge in [0.15, 0.2) is 0 Å². The predicted molar refractivity (Wildman–Crippen MR) is 68.6 cm³/mol. The Morgan fingerprint density at radius 2 is 1.47 bits per heavy atom. The van der Waals surface area contributed by atoms with E-state index in [1.54, 1.807) is 0 Å². The van der Waals surface area contributed by atoms with E-state index in [9.17, 15) is 4.79 Å². The van der Waals surface area contributed by atoms with Crippen LogP contribution >= 0.6 is 0 Å². The Morgan fingerprint density at radius 1 is 0.941 bits per heavy atom. The average Bonchev–Trinajstić information content (AvgIpc) is 2.25.